The van der Waals surface area contributed by atoms with Crippen LogP contribution in [0.5, 0.6) is 5.75 Å². The third kappa shape index (κ3) is 5.68. The SMILES string of the molecule is CC.CCCC(NC(=O)/C(C#N)=C/c1ccc2cccc(O)c2n1)c1ccccc1. The van der Waals surface area contributed by atoms with E-state index in [0.717, 1.165) is 23.8 Å². The zero-order valence-corrected chi connectivity index (χ0v) is 17.6. The highest BCUT2D eigenvalue weighted by molar-refractivity contribution is 6.02. The van der Waals surface area contributed by atoms with Gasteiger partial charge in [-0.3, -0.25) is 4.79 Å². The van der Waals surface area contributed by atoms with E-state index in [4.69, 9.17) is 0 Å². The summed E-state index contributed by atoms with van der Waals surface area (Å²) in [5.74, 6) is -0.383. The van der Waals surface area contributed by atoms with Crippen LogP contribution in [0, 0.1) is 11.3 Å². The molecule has 0 saturated heterocycles. The van der Waals surface area contributed by atoms with Gasteiger partial charge in [0, 0.05) is 5.39 Å². The van der Waals surface area contributed by atoms with E-state index >= 15 is 0 Å². The van der Waals surface area contributed by atoms with Crippen LogP contribution in [0.4, 0.5) is 0 Å². The third-order valence-electron chi connectivity index (χ3n) is 4.46. The Hall–Kier alpha value is -3.65. The van der Waals surface area contributed by atoms with Crippen LogP contribution < -0.4 is 5.32 Å². The monoisotopic (exact) mass is 401 g/mol. The summed E-state index contributed by atoms with van der Waals surface area (Å²) < 4.78 is 0. The summed E-state index contributed by atoms with van der Waals surface area (Å²) in [7, 11) is 0. The molecular formula is C25H27N3O2. The topological polar surface area (TPSA) is 86.0 Å². The summed E-state index contributed by atoms with van der Waals surface area (Å²) in [4.78, 5) is 17.0. The molecule has 3 rings (SSSR count). The molecule has 0 saturated carbocycles. The van der Waals surface area contributed by atoms with Gasteiger partial charge in [0.15, 0.2) is 0 Å². The minimum atomic E-state index is -0.441. The number of nitrogens with zero attached hydrogens (tertiary/aromatic N) is 2. The lowest BCUT2D eigenvalue weighted by Crippen LogP contribution is -2.29. The number of pyridine rings is 1. The van der Waals surface area contributed by atoms with Crippen molar-refractivity contribution in [2.24, 2.45) is 0 Å². The Morgan fingerprint density at radius 2 is 1.87 bits per heavy atom. The lowest BCUT2D eigenvalue weighted by molar-refractivity contribution is -0.117. The molecule has 0 aliphatic carbocycles. The first kappa shape index (κ1) is 22.6. The Bertz CT molecular complexity index is 1050. The number of amides is 1. The second-order valence-corrected chi connectivity index (χ2v) is 6.48. The van der Waals surface area contributed by atoms with E-state index in [1.165, 1.54) is 6.08 Å². The Kier molecular flexibility index (Phi) is 8.58. The van der Waals surface area contributed by atoms with Gasteiger partial charge in [-0.2, -0.15) is 5.26 Å². The predicted octanol–water partition coefficient (Wildman–Crippen LogP) is 5.53. The zero-order chi connectivity index (χ0) is 21.9. The molecule has 1 aromatic heterocycles. The fraction of sp³-hybridized carbons (Fsp3) is 0.240. The molecule has 154 valence electrons. The molecule has 5 nitrogen and oxygen atoms in total. The number of benzene rings is 2. The molecular weight excluding hydrogens is 374 g/mol. The van der Waals surface area contributed by atoms with E-state index in [9.17, 15) is 15.2 Å². The number of carbonyl (C=O) groups excluding carboxylic acids is 1. The molecule has 0 spiro atoms. The van der Waals surface area contributed by atoms with Crippen molar-refractivity contribution in [2.45, 2.75) is 39.7 Å². The number of hydrogen-bond acceptors (Lipinski definition) is 4. The fourth-order valence-corrected chi connectivity index (χ4v) is 3.06. The normalized spacial score (nSPS) is 11.7. The average molecular weight is 402 g/mol. The van der Waals surface area contributed by atoms with E-state index in [-0.39, 0.29) is 17.4 Å². The van der Waals surface area contributed by atoms with Crippen LogP contribution in [0.1, 0.15) is 50.9 Å². The number of phenols is 1. The number of carbonyl (C=O) groups is 1. The molecule has 1 atom stereocenters. The number of rotatable bonds is 6. The number of para-hydroxylation sites is 1. The molecule has 0 radical (unpaired) electrons. The molecule has 0 bridgehead atoms. The largest absolute Gasteiger partial charge is 0.506 e. The number of hydrogen-bond donors (Lipinski definition) is 2. The second-order valence-electron chi connectivity index (χ2n) is 6.48. The molecule has 0 aliphatic heterocycles. The van der Waals surface area contributed by atoms with Gasteiger partial charge in [0.1, 0.15) is 22.9 Å². The van der Waals surface area contributed by atoms with Gasteiger partial charge in [0.25, 0.3) is 5.91 Å². The van der Waals surface area contributed by atoms with Crippen molar-refractivity contribution < 1.29 is 9.90 Å². The maximum atomic E-state index is 12.7. The van der Waals surface area contributed by atoms with Gasteiger partial charge in [0.2, 0.25) is 0 Å². The van der Waals surface area contributed by atoms with Gasteiger partial charge in [-0.25, -0.2) is 4.98 Å². The molecule has 3 aromatic rings. The fourth-order valence-electron chi connectivity index (χ4n) is 3.06. The molecule has 1 unspecified atom stereocenters. The van der Waals surface area contributed by atoms with E-state index in [1.807, 2.05) is 56.3 Å². The number of phenolic OH excluding ortho intramolecular Hbond substituents is 1. The lowest BCUT2D eigenvalue weighted by Gasteiger charge is -2.18. The maximum Gasteiger partial charge on any atom is 0.262 e. The summed E-state index contributed by atoms with van der Waals surface area (Å²) >= 11 is 0. The van der Waals surface area contributed by atoms with Gasteiger partial charge in [0.05, 0.1) is 11.7 Å². The molecule has 1 heterocycles. The van der Waals surface area contributed by atoms with Crippen LogP contribution in [0.25, 0.3) is 17.0 Å². The van der Waals surface area contributed by atoms with Crippen LogP contribution in [0.3, 0.4) is 0 Å². The van der Waals surface area contributed by atoms with Gasteiger partial charge >= 0.3 is 0 Å². The number of nitriles is 1. The summed E-state index contributed by atoms with van der Waals surface area (Å²) in [5.41, 5.74) is 1.84. The minimum Gasteiger partial charge on any atom is -0.506 e. The molecule has 5 heteroatoms. The number of nitrogens with one attached hydrogen (secondary N) is 1. The van der Waals surface area contributed by atoms with E-state index in [2.05, 4.69) is 17.2 Å². The minimum absolute atomic E-state index is 0.0284. The highest BCUT2D eigenvalue weighted by atomic mass is 16.3. The van der Waals surface area contributed by atoms with Crippen molar-refractivity contribution >= 4 is 22.9 Å². The highest BCUT2D eigenvalue weighted by Gasteiger charge is 2.17. The van der Waals surface area contributed by atoms with Crippen molar-refractivity contribution in [3.05, 3.63) is 77.5 Å². The van der Waals surface area contributed by atoms with Crippen LogP contribution >= 0.6 is 0 Å². The molecule has 30 heavy (non-hydrogen) atoms. The Labute approximate surface area is 177 Å². The van der Waals surface area contributed by atoms with Crippen LogP contribution in [0.15, 0.2) is 66.2 Å². The van der Waals surface area contributed by atoms with E-state index in [0.29, 0.717) is 11.2 Å². The summed E-state index contributed by atoms with van der Waals surface area (Å²) in [6.07, 6.45) is 3.11. The predicted molar refractivity (Wildman–Crippen MR) is 121 cm³/mol. The van der Waals surface area contributed by atoms with Crippen molar-refractivity contribution in [3.8, 4) is 11.8 Å². The quantitative estimate of drug-likeness (QED) is 0.420. The summed E-state index contributed by atoms with van der Waals surface area (Å²) in [6.45, 7) is 6.05. The smallest absolute Gasteiger partial charge is 0.262 e. The first-order chi connectivity index (χ1) is 14.6. The number of aromatic nitrogens is 1. The van der Waals surface area contributed by atoms with Crippen molar-refractivity contribution in [2.75, 3.05) is 0 Å². The van der Waals surface area contributed by atoms with Gasteiger partial charge in [-0.05, 0) is 30.2 Å². The number of fused-ring (bicyclic) bond motifs is 1. The first-order valence-electron chi connectivity index (χ1n) is 10.2. The second kappa shape index (κ2) is 11.4. The van der Waals surface area contributed by atoms with Crippen molar-refractivity contribution in [1.82, 2.24) is 10.3 Å². The standard InChI is InChI=1S/C23H21N3O2.C2H6/c1-2-7-20(16-8-4-3-5-9-16)26-23(28)18(15-24)14-19-13-12-17-10-6-11-21(27)22(17)25-19;1-2/h3-6,8-14,20,27H,2,7H2,1H3,(H,26,28);1-2H3/b18-14+;. The maximum absolute atomic E-state index is 12.7. The van der Waals surface area contributed by atoms with Crippen LogP contribution in [-0.2, 0) is 4.79 Å². The highest BCUT2D eigenvalue weighted by Crippen LogP contribution is 2.23. The Morgan fingerprint density at radius 1 is 1.13 bits per heavy atom. The zero-order valence-electron chi connectivity index (χ0n) is 17.6. The molecule has 2 aromatic carbocycles. The van der Waals surface area contributed by atoms with Crippen LogP contribution in [0.2, 0.25) is 0 Å². The third-order valence-corrected chi connectivity index (χ3v) is 4.46. The van der Waals surface area contributed by atoms with Gasteiger partial charge in [-0.1, -0.05) is 75.7 Å². The van der Waals surface area contributed by atoms with Crippen molar-refractivity contribution in [1.29, 1.82) is 5.26 Å². The number of aromatic hydroxyl groups is 1. The Morgan fingerprint density at radius 3 is 2.53 bits per heavy atom. The molecule has 2 N–H and O–H groups in total. The Balaban J connectivity index is 0.00000155. The molecule has 1 amide bonds. The van der Waals surface area contributed by atoms with Gasteiger partial charge < -0.3 is 10.4 Å². The lowest BCUT2D eigenvalue weighted by atomic mass is 10.0. The molecule has 0 aliphatic rings. The first-order valence-corrected chi connectivity index (χ1v) is 10.2. The van der Waals surface area contributed by atoms with E-state index in [1.54, 1.807) is 24.3 Å². The summed E-state index contributed by atoms with van der Waals surface area (Å²) in [6, 6.07) is 20.1. The van der Waals surface area contributed by atoms with E-state index < -0.39 is 5.91 Å². The van der Waals surface area contributed by atoms with Crippen LogP contribution in [-0.4, -0.2) is 16.0 Å². The summed E-state index contributed by atoms with van der Waals surface area (Å²) in [5, 5.41) is 23.2. The van der Waals surface area contributed by atoms with Crippen molar-refractivity contribution in [3.63, 3.8) is 0 Å². The average Bonchev–Trinajstić information content (AvgIpc) is 2.79. The van der Waals surface area contributed by atoms with Gasteiger partial charge in [-0.15, -0.1) is 0 Å². The molecule has 0 fully saturated rings.